The Morgan fingerprint density at radius 3 is 2.50 bits per heavy atom. The minimum absolute atomic E-state index is 0.519. The van der Waals surface area contributed by atoms with Crippen LogP contribution in [0.25, 0.3) is 0 Å². The van der Waals surface area contributed by atoms with Gasteiger partial charge in [-0.1, -0.05) is 6.90 Å². The molecule has 0 aromatic carbocycles. The third-order valence-electron chi connectivity index (χ3n) is 2.89. The lowest BCUT2D eigenvalue weighted by molar-refractivity contribution is 0.332. The second-order valence-corrected chi connectivity index (χ2v) is 3.65. The predicted octanol–water partition coefficient (Wildman–Crippen LogP) is 2.59. The Bertz CT molecular complexity index is 112. The average molecular weight is 111 g/mol. The van der Waals surface area contributed by atoms with Crippen molar-refractivity contribution in [3.05, 3.63) is 0 Å². The van der Waals surface area contributed by atoms with E-state index in [0.717, 1.165) is 5.92 Å². The average Bonchev–Trinajstić information content (AvgIpc) is 2.46. The van der Waals surface area contributed by atoms with Gasteiger partial charge in [-0.05, 0) is 43.4 Å². The van der Waals surface area contributed by atoms with E-state index in [2.05, 4.69) is 0 Å². The molecule has 2 bridgehead atoms. The van der Waals surface area contributed by atoms with E-state index in [0.29, 0.717) is 12.3 Å². The van der Waals surface area contributed by atoms with Gasteiger partial charge in [0.15, 0.2) is 0 Å². The van der Waals surface area contributed by atoms with E-state index in [1.807, 2.05) is 0 Å². The Balaban J connectivity index is 2.13. The Morgan fingerprint density at radius 1 is 1.50 bits per heavy atom. The van der Waals surface area contributed by atoms with Gasteiger partial charge in [-0.3, -0.25) is 0 Å². The quantitative estimate of drug-likeness (QED) is 0.450. The highest BCUT2D eigenvalue weighted by molar-refractivity contribution is 4.92. The van der Waals surface area contributed by atoms with Gasteiger partial charge in [0.2, 0.25) is 0 Å². The molecule has 0 heterocycles. The standard InChI is InChI=1S/C8H14/c1-8-4-2-7(6-8)3-5-8/h7H,2-6H2,1H3/i1D. The maximum atomic E-state index is 7.37. The molecule has 0 aliphatic heterocycles. The van der Waals surface area contributed by atoms with Gasteiger partial charge in [0.05, 0.1) is 0 Å². The van der Waals surface area contributed by atoms with Crippen LogP contribution in [-0.4, -0.2) is 0 Å². The highest BCUT2D eigenvalue weighted by Crippen LogP contribution is 2.53. The molecular formula is C8H14. The van der Waals surface area contributed by atoms with Crippen molar-refractivity contribution in [2.45, 2.75) is 39.0 Å². The number of hydrogen-bond donors (Lipinski definition) is 0. The fraction of sp³-hybridized carbons (Fsp3) is 1.00. The predicted molar refractivity (Wildman–Crippen MR) is 34.7 cm³/mol. The van der Waals surface area contributed by atoms with Crippen molar-refractivity contribution >= 4 is 0 Å². The topological polar surface area (TPSA) is 0 Å². The Morgan fingerprint density at radius 2 is 2.25 bits per heavy atom. The molecule has 2 fully saturated rings. The number of rotatable bonds is 0. The summed E-state index contributed by atoms with van der Waals surface area (Å²) in [4.78, 5) is 0. The largest absolute Gasteiger partial charge is 0.0596 e. The van der Waals surface area contributed by atoms with Crippen molar-refractivity contribution in [1.29, 1.82) is 0 Å². The first-order chi connectivity index (χ1) is 4.35. The summed E-state index contributed by atoms with van der Waals surface area (Å²) in [6.07, 6.45) is 6.97. The van der Waals surface area contributed by atoms with Gasteiger partial charge >= 0.3 is 0 Å². The zero-order valence-electron chi connectivity index (χ0n) is 6.32. The molecule has 46 valence electrons. The molecule has 8 heavy (non-hydrogen) atoms. The van der Waals surface area contributed by atoms with E-state index in [4.69, 9.17) is 1.37 Å². The highest BCUT2D eigenvalue weighted by Gasteiger charge is 2.40. The van der Waals surface area contributed by atoms with Crippen molar-refractivity contribution in [2.75, 3.05) is 0 Å². The van der Waals surface area contributed by atoms with Crippen molar-refractivity contribution in [3.63, 3.8) is 0 Å². The van der Waals surface area contributed by atoms with Gasteiger partial charge in [-0.2, -0.15) is 0 Å². The van der Waals surface area contributed by atoms with Crippen LogP contribution >= 0.6 is 0 Å². The second-order valence-electron chi connectivity index (χ2n) is 3.65. The lowest BCUT2D eigenvalue weighted by atomic mass is 9.87. The molecule has 0 spiro atoms. The first-order valence-electron chi connectivity index (χ1n) is 4.35. The molecule has 0 unspecified atom stereocenters. The molecule has 2 rings (SSSR count). The molecule has 2 aliphatic rings. The first-order valence-corrected chi connectivity index (χ1v) is 3.64. The molecule has 0 saturated heterocycles. The van der Waals surface area contributed by atoms with Crippen LogP contribution in [-0.2, 0) is 0 Å². The van der Waals surface area contributed by atoms with Crippen LogP contribution in [0, 0.1) is 11.3 Å². The number of hydrogen-bond acceptors (Lipinski definition) is 0. The van der Waals surface area contributed by atoms with E-state index in [9.17, 15) is 0 Å². The fourth-order valence-corrected chi connectivity index (χ4v) is 2.31. The van der Waals surface area contributed by atoms with Crippen molar-refractivity contribution < 1.29 is 1.37 Å². The van der Waals surface area contributed by atoms with Crippen LogP contribution in [0.4, 0.5) is 0 Å². The Labute approximate surface area is 52.7 Å². The summed E-state index contributed by atoms with van der Waals surface area (Å²) in [7, 11) is 0. The summed E-state index contributed by atoms with van der Waals surface area (Å²) in [6, 6.07) is 0. The molecule has 2 saturated carbocycles. The van der Waals surface area contributed by atoms with Crippen LogP contribution in [0.15, 0.2) is 0 Å². The summed E-state index contributed by atoms with van der Waals surface area (Å²) in [5.41, 5.74) is 0.519. The minimum Gasteiger partial charge on any atom is -0.0596 e. The zero-order valence-corrected chi connectivity index (χ0v) is 5.32. The molecule has 0 heteroatoms. The summed E-state index contributed by atoms with van der Waals surface area (Å²) in [5.74, 6) is 1.02. The molecule has 0 aromatic rings. The fourth-order valence-electron chi connectivity index (χ4n) is 2.31. The monoisotopic (exact) mass is 111 g/mol. The van der Waals surface area contributed by atoms with Gasteiger partial charge in [0, 0.05) is 1.37 Å². The van der Waals surface area contributed by atoms with Gasteiger partial charge in [-0.15, -0.1) is 0 Å². The summed E-state index contributed by atoms with van der Waals surface area (Å²) < 4.78 is 7.37. The highest BCUT2D eigenvalue weighted by atomic mass is 14.5. The SMILES string of the molecule is [2H]CC12CCC(CC1)C2. The molecule has 0 nitrogen and oxygen atoms in total. The van der Waals surface area contributed by atoms with E-state index in [-0.39, 0.29) is 0 Å². The first kappa shape index (κ1) is 3.92. The lowest BCUT2D eigenvalue weighted by Gasteiger charge is -2.18. The van der Waals surface area contributed by atoms with E-state index < -0.39 is 0 Å². The molecule has 0 amide bonds. The zero-order chi connectivity index (χ0) is 6.32. The number of fused-ring (bicyclic) bond motifs is 2. The van der Waals surface area contributed by atoms with E-state index >= 15 is 0 Å². The van der Waals surface area contributed by atoms with Crippen LogP contribution < -0.4 is 0 Å². The van der Waals surface area contributed by atoms with Crippen LogP contribution in [0.5, 0.6) is 0 Å². The van der Waals surface area contributed by atoms with Crippen molar-refractivity contribution in [1.82, 2.24) is 0 Å². The van der Waals surface area contributed by atoms with E-state index in [1.165, 1.54) is 32.1 Å². The van der Waals surface area contributed by atoms with E-state index in [1.54, 1.807) is 0 Å². The van der Waals surface area contributed by atoms with Gasteiger partial charge in [0.1, 0.15) is 0 Å². The van der Waals surface area contributed by atoms with Crippen molar-refractivity contribution in [2.24, 2.45) is 11.3 Å². The van der Waals surface area contributed by atoms with Crippen LogP contribution in [0.2, 0.25) is 0 Å². The van der Waals surface area contributed by atoms with Gasteiger partial charge in [0.25, 0.3) is 0 Å². The van der Waals surface area contributed by atoms with Crippen LogP contribution in [0.1, 0.15) is 40.4 Å². The molecule has 2 aliphatic carbocycles. The summed E-state index contributed by atoms with van der Waals surface area (Å²) >= 11 is 0. The smallest absolute Gasteiger partial charge is 0.0236 e. The molecule has 0 aromatic heterocycles. The summed E-state index contributed by atoms with van der Waals surface area (Å²) in [5, 5.41) is 0. The molecule has 0 radical (unpaired) electrons. The molecule has 0 N–H and O–H groups in total. The molecule has 0 atom stereocenters. The second kappa shape index (κ2) is 1.29. The maximum Gasteiger partial charge on any atom is 0.0236 e. The Kier molecular flexibility index (Phi) is 0.630. The Hall–Kier alpha value is 0. The van der Waals surface area contributed by atoms with Gasteiger partial charge in [-0.25, -0.2) is 0 Å². The third-order valence-corrected chi connectivity index (χ3v) is 2.89. The van der Waals surface area contributed by atoms with Crippen LogP contribution in [0.3, 0.4) is 0 Å². The third kappa shape index (κ3) is 0.519. The molecular weight excluding hydrogens is 96.1 g/mol. The summed E-state index contributed by atoms with van der Waals surface area (Å²) in [6.45, 7) is 0.698. The van der Waals surface area contributed by atoms with Crippen molar-refractivity contribution in [3.8, 4) is 0 Å². The lowest BCUT2D eigenvalue weighted by Crippen LogP contribution is -2.06. The normalized spacial score (nSPS) is 54.5. The minimum atomic E-state index is 0.519. The van der Waals surface area contributed by atoms with Gasteiger partial charge < -0.3 is 0 Å². The maximum absolute atomic E-state index is 7.37.